The zero-order valence-electron chi connectivity index (χ0n) is 11.8. The maximum absolute atomic E-state index is 5.28. The fourth-order valence-electron chi connectivity index (χ4n) is 3.37. The molecule has 3 nitrogen and oxygen atoms in total. The molecule has 1 aromatic rings. The van der Waals surface area contributed by atoms with Gasteiger partial charge in [0.1, 0.15) is 5.75 Å². The van der Waals surface area contributed by atoms with Gasteiger partial charge in [-0.25, -0.2) is 0 Å². The van der Waals surface area contributed by atoms with E-state index in [1.807, 2.05) is 6.07 Å². The monoisotopic (exact) mass is 260 g/mol. The Morgan fingerprint density at radius 2 is 2.21 bits per heavy atom. The molecule has 1 atom stereocenters. The highest BCUT2D eigenvalue weighted by Gasteiger charge is 2.29. The van der Waals surface area contributed by atoms with Gasteiger partial charge in [-0.3, -0.25) is 4.90 Å². The molecule has 3 heteroatoms. The standard InChI is InChI=1S/C16H24N2O/c1-19-16-6-2-4-14(12-16)7-9-17-10-11-18-8-3-5-15(18)13-17/h2,4,6,12,15H,3,5,7-11,13H2,1H3. The van der Waals surface area contributed by atoms with Crippen molar-refractivity contribution in [3.63, 3.8) is 0 Å². The van der Waals surface area contributed by atoms with E-state index in [9.17, 15) is 0 Å². The third kappa shape index (κ3) is 3.10. The predicted molar refractivity (Wildman–Crippen MR) is 77.7 cm³/mol. The summed E-state index contributed by atoms with van der Waals surface area (Å²) >= 11 is 0. The lowest BCUT2D eigenvalue weighted by Crippen LogP contribution is -2.50. The summed E-state index contributed by atoms with van der Waals surface area (Å²) in [6.45, 7) is 6.28. The first kappa shape index (κ1) is 12.9. The highest BCUT2D eigenvalue weighted by Crippen LogP contribution is 2.21. The quantitative estimate of drug-likeness (QED) is 0.824. The van der Waals surface area contributed by atoms with Crippen LogP contribution < -0.4 is 4.74 Å². The van der Waals surface area contributed by atoms with Gasteiger partial charge in [0, 0.05) is 32.2 Å². The Bertz CT molecular complexity index is 421. The molecule has 0 aromatic heterocycles. The van der Waals surface area contributed by atoms with Crippen molar-refractivity contribution in [3.8, 4) is 5.75 Å². The summed E-state index contributed by atoms with van der Waals surface area (Å²) in [5.74, 6) is 0.970. The Balaban J connectivity index is 1.51. The van der Waals surface area contributed by atoms with Gasteiger partial charge in [0.25, 0.3) is 0 Å². The molecule has 2 heterocycles. The zero-order valence-corrected chi connectivity index (χ0v) is 11.8. The molecule has 3 rings (SSSR count). The molecule has 0 N–H and O–H groups in total. The molecule has 0 amide bonds. The van der Waals surface area contributed by atoms with E-state index in [1.165, 1.54) is 51.1 Å². The van der Waals surface area contributed by atoms with Crippen LogP contribution in [-0.2, 0) is 6.42 Å². The minimum Gasteiger partial charge on any atom is -0.497 e. The van der Waals surface area contributed by atoms with E-state index in [0.29, 0.717) is 0 Å². The summed E-state index contributed by atoms with van der Waals surface area (Å²) in [7, 11) is 1.73. The van der Waals surface area contributed by atoms with Gasteiger partial charge in [-0.1, -0.05) is 12.1 Å². The van der Waals surface area contributed by atoms with Gasteiger partial charge in [0.05, 0.1) is 7.11 Å². The van der Waals surface area contributed by atoms with Gasteiger partial charge in [0.2, 0.25) is 0 Å². The third-order valence-corrected chi connectivity index (χ3v) is 4.52. The second-order valence-corrected chi connectivity index (χ2v) is 5.73. The van der Waals surface area contributed by atoms with E-state index in [-0.39, 0.29) is 0 Å². The van der Waals surface area contributed by atoms with Gasteiger partial charge < -0.3 is 9.64 Å². The van der Waals surface area contributed by atoms with E-state index in [0.717, 1.165) is 18.2 Å². The number of hydrogen-bond acceptors (Lipinski definition) is 3. The number of rotatable bonds is 4. The maximum atomic E-state index is 5.28. The molecular formula is C16H24N2O. The first-order valence-corrected chi connectivity index (χ1v) is 7.44. The number of methoxy groups -OCH3 is 1. The van der Waals surface area contributed by atoms with Crippen LogP contribution >= 0.6 is 0 Å². The highest BCUT2D eigenvalue weighted by atomic mass is 16.5. The second kappa shape index (κ2) is 5.93. The summed E-state index contributed by atoms with van der Waals surface area (Å²) < 4.78 is 5.28. The van der Waals surface area contributed by atoms with Gasteiger partial charge >= 0.3 is 0 Å². The molecule has 1 unspecified atom stereocenters. The summed E-state index contributed by atoms with van der Waals surface area (Å²) in [5, 5.41) is 0. The molecule has 2 saturated heterocycles. The van der Waals surface area contributed by atoms with E-state index in [4.69, 9.17) is 4.74 Å². The van der Waals surface area contributed by atoms with Crippen LogP contribution in [0.4, 0.5) is 0 Å². The molecule has 0 bridgehead atoms. The van der Waals surface area contributed by atoms with Crippen LogP contribution in [0.3, 0.4) is 0 Å². The average molecular weight is 260 g/mol. The summed E-state index contributed by atoms with van der Waals surface area (Å²) in [4.78, 5) is 5.30. The maximum Gasteiger partial charge on any atom is 0.119 e. The van der Waals surface area contributed by atoms with E-state index in [2.05, 4.69) is 28.0 Å². The normalized spacial score (nSPS) is 24.4. The molecule has 0 radical (unpaired) electrons. The lowest BCUT2D eigenvalue weighted by atomic mass is 10.1. The van der Waals surface area contributed by atoms with Crippen molar-refractivity contribution in [3.05, 3.63) is 29.8 Å². The Kier molecular flexibility index (Phi) is 4.04. The second-order valence-electron chi connectivity index (χ2n) is 5.73. The Morgan fingerprint density at radius 1 is 1.26 bits per heavy atom. The Morgan fingerprint density at radius 3 is 3.11 bits per heavy atom. The van der Waals surface area contributed by atoms with Crippen LogP contribution in [-0.4, -0.2) is 55.7 Å². The van der Waals surface area contributed by atoms with Crippen molar-refractivity contribution in [1.82, 2.24) is 9.80 Å². The number of hydrogen-bond donors (Lipinski definition) is 0. The molecule has 0 spiro atoms. The summed E-state index contributed by atoms with van der Waals surface area (Å²) in [6, 6.07) is 9.29. The smallest absolute Gasteiger partial charge is 0.119 e. The largest absolute Gasteiger partial charge is 0.497 e. The molecule has 104 valence electrons. The molecule has 19 heavy (non-hydrogen) atoms. The van der Waals surface area contributed by atoms with Gasteiger partial charge in [-0.2, -0.15) is 0 Å². The van der Waals surface area contributed by atoms with Crippen LogP contribution in [0.2, 0.25) is 0 Å². The van der Waals surface area contributed by atoms with Crippen molar-refractivity contribution in [2.75, 3.05) is 39.8 Å². The first-order valence-electron chi connectivity index (χ1n) is 7.44. The molecular weight excluding hydrogens is 236 g/mol. The minimum absolute atomic E-state index is 0.832. The molecule has 2 aliphatic heterocycles. The average Bonchev–Trinajstić information content (AvgIpc) is 2.93. The number of piperazine rings is 1. The van der Waals surface area contributed by atoms with Crippen LogP contribution in [0.25, 0.3) is 0 Å². The van der Waals surface area contributed by atoms with Gasteiger partial charge in [0.15, 0.2) is 0 Å². The van der Waals surface area contributed by atoms with Crippen LogP contribution in [0.5, 0.6) is 5.75 Å². The van der Waals surface area contributed by atoms with Gasteiger partial charge in [-0.05, 0) is 43.5 Å². The van der Waals surface area contributed by atoms with Crippen molar-refractivity contribution < 1.29 is 4.74 Å². The van der Waals surface area contributed by atoms with Crippen LogP contribution in [0.15, 0.2) is 24.3 Å². The number of fused-ring (bicyclic) bond motifs is 1. The number of ether oxygens (including phenoxy) is 1. The molecule has 2 fully saturated rings. The van der Waals surface area contributed by atoms with Gasteiger partial charge in [-0.15, -0.1) is 0 Å². The Hall–Kier alpha value is -1.06. The SMILES string of the molecule is COc1cccc(CCN2CCN3CCCC3C2)c1. The lowest BCUT2D eigenvalue weighted by molar-refractivity contribution is 0.105. The topological polar surface area (TPSA) is 15.7 Å². The zero-order chi connectivity index (χ0) is 13.1. The van der Waals surface area contributed by atoms with Crippen LogP contribution in [0.1, 0.15) is 18.4 Å². The Labute approximate surface area is 116 Å². The minimum atomic E-state index is 0.832. The molecule has 0 saturated carbocycles. The molecule has 2 aliphatic rings. The lowest BCUT2D eigenvalue weighted by Gasteiger charge is -2.37. The van der Waals surface area contributed by atoms with Crippen molar-refractivity contribution in [2.45, 2.75) is 25.3 Å². The third-order valence-electron chi connectivity index (χ3n) is 4.52. The molecule has 0 aliphatic carbocycles. The fraction of sp³-hybridized carbons (Fsp3) is 0.625. The molecule has 1 aromatic carbocycles. The number of nitrogens with zero attached hydrogens (tertiary/aromatic N) is 2. The van der Waals surface area contributed by atoms with Crippen molar-refractivity contribution >= 4 is 0 Å². The van der Waals surface area contributed by atoms with Crippen molar-refractivity contribution in [2.24, 2.45) is 0 Å². The van der Waals surface area contributed by atoms with E-state index >= 15 is 0 Å². The first-order chi connectivity index (χ1) is 9.35. The number of benzene rings is 1. The van der Waals surface area contributed by atoms with E-state index in [1.54, 1.807) is 7.11 Å². The summed E-state index contributed by atoms with van der Waals surface area (Å²) in [6.07, 6.45) is 3.92. The fourth-order valence-corrected chi connectivity index (χ4v) is 3.37. The van der Waals surface area contributed by atoms with Crippen LogP contribution in [0, 0.1) is 0 Å². The highest BCUT2D eigenvalue weighted by molar-refractivity contribution is 5.28. The van der Waals surface area contributed by atoms with E-state index < -0.39 is 0 Å². The predicted octanol–water partition coefficient (Wildman–Crippen LogP) is 2.02. The van der Waals surface area contributed by atoms with Crippen molar-refractivity contribution in [1.29, 1.82) is 0 Å². The summed E-state index contributed by atoms with van der Waals surface area (Å²) in [5.41, 5.74) is 1.38.